The second-order valence-corrected chi connectivity index (χ2v) is 6.51. The summed E-state index contributed by atoms with van der Waals surface area (Å²) in [4.78, 5) is 20.6. The number of carbonyl (C=O) groups is 1. The molecule has 148 valence electrons. The summed E-state index contributed by atoms with van der Waals surface area (Å²) in [7, 11) is 0. The van der Waals surface area contributed by atoms with Crippen molar-refractivity contribution in [1.82, 2.24) is 9.97 Å². The highest BCUT2D eigenvalue weighted by atomic mass is 35.5. The van der Waals surface area contributed by atoms with Gasteiger partial charge in [0.2, 0.25) is 5.95 Å². The van der Waals surface area contributed by atoms with Crippen molar-refractivity contribution in [3.05, 3.63) is 90.5 Å². The summed E-state index contributed by atoms with van der Waals surface area (Å²) >= 11 is 5.46. The van der Waals surface area contributed by atoms with Crippen LogP contribution in [0.3, 0.4) is 0 Å². The van der Waals surface area contributed by atoms with E-state index in [1.807, 2.05) is 78.9 Å². The molecule has 1 heterocycles. The number of rotatable bonds is 6. The van der Waals surface area contributed by atoms with Gasteiger partial charge in [0.1, 0.15) is 17.3 Å². The third-order valence-electron chi connectivity index (χ3n) is 4.15. The second-order valence-electron chi connectivity index (χ2n) is 6.26. The lowest BCUT2D eigenvalue weighted by Gasteiger charge is -2.12. The number of halogens is 1. The van der Waals surface area contributed by atoms with Crippen molar-refractivity contribution >= 4 is 45.9 Å². The van der Waals surface area contributed by atoms with Gasteiger partial charge in [-0.05, 0) is 48.5 Å². The van der Waals surface area contributed by atoms with Crippen LogP contribution in [0.5, 0.6) is 11.5 Å². The van der Waals surface area contributed by atoms with Crippen LogP contribution in [0.15, 0.2) is 90.5 Å². The van der Waals surface area contributed by atoms with Crippen molar-refractivity contribution < 1.29 is 9.53 Å². The average molecular weight is 417 g/mol. The molecule has 0 bridgehead atoms. The SMILES string of the molecule is O=C(C=CCl)Nc1nc(Nc2ccc(Oc3ccccc3)cc2)c2ccccc2n1. The third-order valence-corrected chi connectivity index (χ3v) is 4.27. The minimum absolute atomic E-state index is 0.181. The van der Waals surface area contributed by atoms with Crippen LogP contribution < -0.4 is 15.4 Å². The summed E-state index contributed by atoms with van der Waals surface area (Å²) < 4.78 is 5.82. The van der Waals surface area contributed by atoms with E-state index in [-0.39, 0.29) is 5.95 Å². The molecule has 2 N–H and O–H groups in total. The number of hydrogen-bond donors (Lipinski definition) is 2. The Bertz CT molecular complexity index is 1190. The highest BCUT2D eigenvalue weighted by Crippen LogP contribution is 2.27. The summed E-state index contributed by atoms with van der Waals surface area (Å²) in [5.74, 6) is 1.84. The number of nitrogens with zero attached hydrogens (tertiary/aromatic N) is 2. The fraction of sp³-hybridized carbons (Fsp3) is 0. The Kier molecular flexibility index (Phi) is 5.87. The van der Waals surface area contributed by atoms with Gasteiger partial charge in [0.05, 0.1) is 5.52 Å². The van der Waals surface area contributed by atoms with Crippen LogP contribution in [0, 0.1) is 0 Å². The summed E-state index contributed by atoms with van der Waals surface area (Å²) in [6.45, 7) is 0. The molecule has 0 radical (unpaired) electrons. The fourth-order valence-electron chi connectivity index (χ4n) is 2.80. The molecular weight excluding hydrogens is 400 g/mol. The fourth-order valence-corrected chi connectivity index (χ4v) is 2.92. The first kappa shape index (κ1) is 19.4. The molecule has 7 heteroatoms. The van der Waals surface area contributed by atoms with Gasteiger partial charge in [0.25, 0.3) is 5.91 Å². The van der Waals surface area contributed by atoms with Crippen LogP contribution >= 0.6 is 11.6 Å². The van der Waals surface area contributed by atoms with E-state index in [9.17, 15) is 4.79 Å². The topological polar surface area (TPSA) is 76.1 Å². The lowest BCUT2D eigenvalue weighted by Crippen LogP contribution is -2.11. The highest BCUT2D eigenvalue weighted by molar-refractivity contribution is 6.27. The predicted octanol–water partition coefficient (Wildman–Crippen LogP) is 5.86. The number of amides is 1. The Balaban J connectivity index is 1.58. The number of benzene rings is 3. The monoisotopic (exact) mass is 416 g/mol. The molecule has 0 aliphatic rings. The normalized spacial score (nSPS) is 10.8. The van der Waals surface area contributed by atoms with Crippen molar-refractivity contribution in [1.29, 1.82) is 0 Å². The van der Waals surface area contributed by atoms with Crippen molar-refractivity contribution in [2.24, 2.45) is 0 Å². The Hall–Kier alpha value is -3.90. The van der Waals surface area contributed by atoms with Gasteiger partial charge in [-0.1, -0.05) is 41.9 Å². The van der Waals surface area contributed by atoms with Gasteiger partial charge in [0.15, 0.2) is 0 Å². The molecule has 0 unspecified atom stereocenters. The molecule has 0 aliphatic heterocycles. The minimum atomic E-state index is -0.409. The van der Waals surface area contributed by atoms with E-state index in [2.05, 4.69) is 20.6 Å². The molecule has 6 nitrogen and oxygen atoms in total. The van der Waals surface area contributed by atoms with Gasteiger partial charge in [-0.2, -0.15) is 4.98 Å². The Morgan fingerprint density at radius 2 is 1.57 bits per heavy atom. The number of fused-ring (bicyclic) bond motifs is 1. The number of carbonyl (C=O) groups excluding carboxylic acids is 1. The first-order valence-corrected chi connectivity index (χ1v) is 9.59. The number of nitrogens with one attached hydrogen (secondary N) is 2. The van der Waals surface area contributed by atoms with Gasteiger partial charge in [-0.15, -0.1) is 0 Å². The molecule has 1 amide bonds. The Morgan fingerprint density at radius 1 is 0.867 bits per heavy atom. The van der Waals surface area contributed by atoms with Crippen LogP contribution in [0.2, 0.25) is 0 Å². The minimum Gasteiger partial charge on any atom is -0.457 e. The van der Waals surface area contributed by atoms with E-state index >= 15 is 0 Å². The summed E-state index contributed by atoms with van der Waals surface area (Å²) in [5.41, 5.74) is 2.65. The Labute approximate surface area is 178 Å². The number of para-hydroxylation sites is 2. The van der Waals surface area contributed by atoms with E-state index in [4.69, 9.17) is 16.3 Å². The third kappa shape index (κ3) is 4.74. The molecule has 4 rings (SSSR count). The summed E-state index contributed by atoms with van der Waals surface area (Å²) in [6.07, 6.45) is 1.19. The van der Waals surface area contributed by atoms with Crippen molar-refractivity contribution in [3.63, 3.8) is 0 Å². The van der Waals surface area contributed by atoms with E-state index in [1.165, 1.54) is 6.08 Å². The summed E-state index contributed by atoms with van der Waals surface area (Å²) in [5, 5.41) is 6.71. The zero-order valence-corrected chi connectivity index (χ0v) is 16.5. The van der Waals surface area contributed by atoms with Gasteiger partial charge >= 0.3 is 0 Å². The van der Waals surface area contributed by atoms with Crippen molar-refractivity contribution in [2.75, 3.05) is 10.6 Å². The van der Waals surface area contributed by atoms with Gasteiger partial charge in [-0.25, -0.2) is 4.98 Å². The van der Waals surface area contributed by atoms with Gasteiger partial charge in [0, 0.05) is 22.7 Å². The van der Waals surface area contributed by atoms with Crippen molar-refractivity contribution in [3.8, 4) is 11.5 Å². The van der Waals surface area contributed by atoms with Crippen LogP contribution in [0.4, 0.5) is 17.5 Å². The standard InChI is InChI=1S/C23H17ClN4O2/c24-15-14-21(29)27-23-26-20-9-5-4-8-19(20)22(28-23)25-16-10-12-18(13-11-16)30-17-6-2-1-3-7-17/h1-15H,(H2,25,26,27,28,29). The molecule has 0 aliphatic carbocycles. The maximum atomic E-state index is 11.8. The van der Waals surface area contributed by atoms with E-state index in [0.717, 1.165) is 28.1 Å². The molecule has 0 saturated carbocycles. The van der Waals surface area contributed by atoms with Crippen LogP contribution in [0.25, 0.3) is 10.9 Å². The zero-order valence-electron chi connectivity index (χ0n) is 15.7. The molecular formula is C23H17ClN4O2. The predicted molar refractivity (Wildman–Crippen MR) is 119 cm³/mol. The molecule has 0 saturated heterocycles. The Morgan fingerprint density at radius 3 is 2.33 bits per heavy atom. The van der Waals surface area contributed by atoms with Crippen molar-refractivity contribution in [2.45, 2.75) is 0 Å². The van der Waals surface area contributed by atoms with Crippen LogP contribution in [-0.2, 0) is 4.79 Å². The molecule has 0 fully saturated rings. The molecule has 30 heavy (non-hydrogen) atoms. The lowest BCUT2D eigenvalue weighted by atomic mass is 10.2. The highest BCUT2D eigenvalue weighted by Gasteiger charge is 2.10. The largest absolute Gasteiger partial charge is 0.457 e. The maximum absolute atomic E-state index is 11.8. The molecule has 0 atom stereocenters. The number of aromatic nitrogens is 2. The zero-order chi connectivity index (χ0) is 20.8. The second kappa shape index (κ2) is 9.07. The van der Waals surface area contributed by atoms with E-state index < -0.39 is 5.91 Å². The summed E-state index contributed by atoms with van der Waals surface area (Å²) in [6, 6.07) is 24.6. The lowest BCUT2D eigenvalue weighted by molar-refractivity contribution is -0.111. The maximum Gasteiger partial charge on any atom is 0.251 e. The molecule has 3 aromatic carbocycles. The van der Waals surface area contributed by atoms with Crippen LogP contribution in [-0.4, -0.2) is 15.9 Å². The average Bonchev–Trinajstić information content (AvgIpc) is 2.76. The van der Waals surface area contributed by atoms with E-state index in [1.54, 1.807) is 0 Å². The smallest absolute Gasteiger partial charge is 0.251 e. The number of hydrogen-bond acceptors (Lipinski definition) is 5. The molecule has 4 aromatic rings. The molecule has 0 spiro atoms. The van der Waals surface area contributed by atoms with Gasteiger partial charge < -0.3 is 10.1 Å². The molecule has 1 aromatic heterocycles. The number of ether oxygens (including phenoxy) is 1. The quantitative estimate of drug-likeness (QED) is 0.385. The first-order valence-electron chi connectivity index (χ1n) is 9.16. The van der Waals surface area contributed by atoms with Gasteiger partial charge in [-0.3, -0.25) is 10.1 Å². The van der Waals surface area contributed by atoms with E-state index in [0.29, 0.717) is 11.3 Å². The first-order chi connectivity index (χ1) is 14.7. The number of anilines is 3. The van der Waals surface area contributed by atoms with Crippen LogP contribution in [0.1, 0.15) is 0 Å².